The van der Waals surface area contributed by atoms with Crippen molar-refractivity contribution in [2.45, 2.75) is 18.7 Å². The Kier molecular flexibility index (Phi) is 6.50. The maximum atomic E-state index is 13.3. The minimum absolute atomic E-state index is 0.103. The van der Waals surface area contributed by atoms with Gasteiger partial charge in [0.2, 0.25) is 5.91 Å². The van der Waals surface area contributed by atoms with E-state index < -0.39 is 28.3 Å². The lowest BCUT2D eigenvalue weighted by Gasteiger charge is -2.24. The van der Waals surface area contributed by atoms with Crippen LogP contribution < -0.4 is 9.62 Å². The monoisotopic (exact) mass is 440 g/mol. The van der Waals surface area contributed by atoms with Gasteiger partial charge in [0.05, 0.1) is 10.6 Å². The molecular weight excluding hydrogens is 419 g/mol. The second kappa shape index (κ2) is 9.09. The van der Waals surface area contributed by atoms with E-state index in [9.17, 15) is 22.4 Å². The SMILES string of the molecule is CC(=O)c1ccc(NC(=O)CN(c2ccc(C)cc2)S(=O)(=O)c2ccc(F)cc2)cc1. The Morgan fingerprint density at radius 3 is 2.03 bits per heavy atom. The zero-order chi connectivity index (χ0) is 22.6. The molecule has 6 nitrogen and oxygen atoms in total. The summed E-state index contributed by atoms with van der Waals surface area (Å²) >= 11 is 0. The number of benzene rings is 3. The van der Waals surface area contributed by atoms with Crippen molar-refractivity contribution in [1.29, 1.82) is 0 Å². The first-order chi connectivity index (χ1) is 14.7. The molecule has 0 aromatic heterocycles. The van der Waals surface area contributed by atoms with Crippen LogP contribution in [-0.2, 0) is 14.8 Å². The van der Waals surface area contributed by atoms with E-state index in [-0.39, 0.29) is 10.7 Å². The van der Waals surface area contributed by atoms with Crippen LogP contribution in [0, 0.1) is 12.7 Å². The molecule has 0 bridgehead atoms. The predicted molar refractivity (Wildman–Crippen MR) is 117 cm³/mol. The molecule has 1 amide bonds. The molecule has 0 saturated heterocycles. The van der Waals surface area contributed by atoms with Gasteiger partial charge in [-0.15, -0.1) is 0 Å². The Labute approximate surface area is 180 Å². The molecule has 3 aromatic rings. The van der Waals surface area contributed by atoms with E-state index in [1.165, 1.54) is 6.92 Å². The standard InChI is InChI=1S/C23H21FN2O4S/c1-16-3-11-21(12-4-16)26(31(29,30)22-13-7-19(24)8-14-22)15-23(28)25-20-9-5-18(6-10-20)17(2)27/h3-14H,15H2,1-2H3,(H,25,28). The van der Waals surface area contributed by atoms with Crippen LogP contribution >= 0.6 is 0 Å². The molecule has 0 heterocycles. The number of carbonyl (C=O) groups is 2. The van der Waals surface area contributed by atoms with E-state index in [1.807, 2.05) is 6.92 Å². The summed E-state index contributed by atoms with van der Waals surface area (Å²) in [5, 5.41) is 2.64. The Morgan fingerprint density at radius 1 is 0.903 bits per heavy atom. The molecule has 0 aliphatic heterocycles. The number of anilines is 2. The molecule has 160 valence electrons. The van der Waals surface area contributed by atoms with Crippen molar-refractivity contribution in [3.8, 4) is 0 Å². The number of aryl methyl sites for hydroxylation is 1. The number of amides is 1. The number of nitrogens with one attached hydrogen (secondary N) is 1. The highest BCUT2D eigenvalue weighted by atomic mass is 32.2. The van der Waals surface area contributed by atoms with Crippen molar-refractivity contribution < 1.29 is 22.4 Å². The Bertz CT molecular complexity index is 1190. The average Bonchev–Trinajstić information content (AvgIpc) is 2.73. The second-order valence-corrected chi connectivity index (χ2v) is 8.85. The number of Topliss-reactive ketones (excluding diaryl/α,β-unsaturated/α-hetero) is 1. The number of hydrogen-bond donors (Lipinski definition) is 1. The van der Waals surface area contributed by atoms with Gasteiger partial charge in [-0.25, -0.2) is 12.8 Å². The fraction of sp³-hybridized carbons (Fsp3) is 0.130. The fourth-order valence-corrected chi connectivity index (χ4v) is 4.30. The van der Waals surface area contributed by atoms with Gasteiger partial charge in [-0.05, 0) is 74.5 Å². The summed E-state index contributed by atoms with van der Waals surface area (Å²) in [6, 6.07) is 17.4. The molecule has 3 rings (SSSR count). The first-order valence-corrected chi connectivity index (χ1v) is 10.9. The van der Waals surface area contributed by atoms with Gasteiger partial charge in [0.15, 0.2) is 5.78 Å². The molecular formula is C23H21FN2O4S. The fourth-order valence-electron chi connectivity index (χ4n) is 2.88. The van der Waals surface area contributed by atoms with Crippen LogP contribution in [0.15, 0.2) is 77.7 Å². The third-order valence-electron chi connectivity index (χ3n) is 4.59. The predicted octanol–water partition coefficient (Wildman–Crippen LogP) is 4.17. The quantitative estimate of drug-likeness (QED) is 0.559. The van der Waals surface area contributed by atoms with Crippen LogP contribution in [0.2, 0.25) is 0 Å². The lowest BCUT2D eigenvalue weighted by molar-refractivity contribution is -0.114. The number of ketones is 1. The van der Waals surface area contributed by atoms with Crippen molar-refractivity contribution in [2.24, 2.45) is 0 Å². The van der Waals surface area contributed by atoms with Gasteiger partial charge in [0, 0.05) is 11.3 Å². The van der Waals surface area contributed by atoms with E-state index in [0.717, 1.165) is 34.1 Å². The maximum absolute atomic E-state index is 13.3. The summed E-state index contributed by atoms with van der Waals surface area (Å²) in [5.74, 6) is -1.23. The van der Waals surface area contributed by atoms with Crippen LogP contribution in [0.3, 0.4) is 0 Å². The number of rotatable bonds is 7. The zero-order valence-corrected chi connectivity index (χ0v) is 17.8. The molecule has 0 aliphatic carbocycles. The van der Waals surface area contributed by atoms with E-state index in [2.05, 4.69) is 5.32 Å². The maximum Gasteiger partial charge on any atom is 0.264 e. The largest absolute Gasteiger partial charge is 0.325 e. The lowest BCUT2D eigenvalue weighted by Crippen LogP contribution is -2.38. The normalized spacial score (nSPS) is 11.1. The van der Waals surface area contributed by atoms with Gasteiger partial charge in [0.25, 0.3) is 10.0 Å². The van der Waals surface area contributed by atoms with Crippen molar-refractivity contribution in [3.63, 3.8) is 0 Å². The summed E-state index contributed by atoms with van der Waals surface area (Å²) in [6.07, 6.45) is 0. The summed E-state index contributed by atoms with van der Waals surface area (Å²) in [5.41, 5.74) is 2.16. The molecule has 0 fully saturated rings. The molecule has 0 atom stereocenters. The Balaban J connectivity index is 1.89. The third kappa shape index (κ3) is 5.35. The van der Waals surface area contributed by atoms with Gasteiger partial charge < -0.3 is 5.32 Å². The van der Waals surface area contributed by atoms with Crippen molar-refractivity contribution >= 4 is 33.1 Å². The van der Waals surface area contributed by atoms with Crippen molar-refractivity contribution in [2.75, 3.05) is 16.2 Å². The van der Waals surface area contributed by atoms with Gasteiger partial charge >= 0.3 is 0 Å². The lowest BCUT2D eigenvalue weighted by atomic mass is 10.1. The van der Waals surface area contributed by atoms with Crippen molar-refractivity contribution in [1.82, 2.24) is 0 Å². The summed E-state index contributed by atoms with van der Waals surface area (Å²) < 4.78 is 40.7. The first kappa shape index (κ1) is 22.2. The molecule has 8 heteroatoms. The minimum atomic E-state index is -4.13. The third-order valence-corrected chi connectivity index (χ3v) is 6.37. The van der Waals surface area contributed by atoms with Gasteiger partial charge in [-0.2, -0.15) is 0 Å². The van der Waals surface area contributed by atoms with Gasteiger partial charge in [0.1, 0.15) is 12.4 Å². The number of carbonyl (C=O) groups excluding carboxylic acids is 2. The average molecular weight is 440 g/mol. The van der Waals surface area contributed by atoms with E-state index in [1.54, 1.807) is 48.5 Å². The van der Waals surface area contributed by atoms with Gasteiger partial charge in [-0.1, -0.05) is 17.7 Å². The zero-order valence-electron chi connectivity index (χ0n) is 17.0. The number of halogens is 1. The van der Waals surface area contributed by atoms with Crippen LogP contribution in [0.1, 0.15) is 22.8 Å². The highest BCUT2D eigenvalue weighted by Gasteiger charge is 2.27. The number of hydrogen-bond acceptors (Lipinski definition) is 4. The minimum Gasteiger partial charge on any atom is -0.325 e. The van der Waals surface area contributed by atoms with Crippen LogP contribution in [0.25, 0.3) is 0 Å². The second-order valence-electron chi connectivity index (χ2n) is 6.98. The highest BCUT2D eigenvalue weighted by molar-refractivity contribution is 7.92. The Hall–Kier alpha value is -3.52. The number of nitrogens with zero attached hydrogens (tertiary/aromatic N) is 1. The van der Waals surface area contributed by atoms with Crippen LogP contribution in [0.5, 0.6) is 0 Å². The van der Waals surface area contributed by atoms with E-state index in [4.69, 9.17) is 0 Å². The summed E-state index contributed by atoms with van der Waals surface area (Å²) in [6.45, 7) is 2.81. The topological polar surface area (TPSA) is 83.6 Å². The summed E-state index contributed by atoms with van der Waals surface area (Å²) in [7, 11) is -4.13. The summed E-state index contributed by atoms with van der Waals surface area (Å²) in [4.78, 5) is 23.9. The molecule has 0 saturated carbocycles. The number of sulfonamides is 1. The Morgan fingerprint density at radius 2 is 1.48 bits per heavy atom. The van der Waals surface area contributed by atoms with E-state index in [0.29, 0.717) is 16.9 Å². The molecule has 0 aliphatic rings. The van der Waals surface area contributed by atoms with E-state index >= 15 is 0 Å². The smallest absolute Gasteiger partial charge is 0.264 e. The highest BCUT2D eigenvalue weighted by Crippen LogP contribution is 2.24. The molecule has 0 spiro atoms. The molecule has 0 unspecified atom stereocenters. The molecule has 0 radical (unpaired) electrons. The van der Waals surface area contributed by atoms with Gasteiger partial charge in [-0.3, -0.25) is 13.9 Å². The molecule has 3 aromatic carbocycles. The van der Waals surface area contributed by atoms with Crippen LogP contribution in [-0.4, -0.2) is 26.7 Å². The van der Waals surface area contributed by atoms with Crippen LogP contribution in [0.4, 0.5) is 15.8 Å². The molecule has 1 N–H and O–H groups in total. The first-order valence-electron chi connectivity index (χ1n) is 9.42. The molecule has 31 heavy (non-hydrogen) atoms. The van der Waals surface area contributed by atoms with Crippen molar-refractivity contribution in [3.05, 3.63) is 89.7 Å².